The quantitative estimate of drug-likeness (QED) is 0.751. The molecule has 4 heterocycles. The molecule has 1 aliphatic heterocycles. The molecule has 0 unspecified atom stereocenters. The van der Waals surface area contributed by atoms with E-state index in [0.717, 1.165) is 5.69 Å². The molecule has 1 saturated heterocycles. The molecule has 1 fully saturated rings. The number of piperidine rings is 1. The molecule has 4 rings (SSSR count). The van der Waals surface area contributed by atoms with E-state index in [2.05, 4.69) is 15.1 Å². The van der Waals surface area contributed by atoms with Gasteiger partial charge < -0.3 is 0 Å². The van der Waals surface area contributed by atoms with E-state index in [9.17, 15) is 13.2 Å². The van der Waals surface area contributed by atoms with Crippen LogP contribution in [-0.2, 0) is 10.0 Å². The third-order valence-corrected chi connectivity index (χ3v) is 6.43. The summed E-state index contributed by atoms with van der Waals surface area (Å²) in [7, 11) is -3.52. The van der Waals surface area contributed by atoms with E-state index in [1.165, 1.54) is 21.1 Å². The third-order valence-electron chi connectivity index (χ3n) is 4.54. The van der Waals surface area contributed by atoms with Gasteiger partial charge in [-0.15, -0.1) is 0 Å². The molecule has 3 aromatic heterocycles. The third kappa shape index (κ3) is 2.85. The number of fused-ring (bicyclic) bond motifs is 1. The smallest absolute Gasteiger partial charge is 0.272 e. The Bertz CT molecular complexity index is 1050. The van der Waals surface area contributed by atoms with Crippen molar-refractivity contribution in [1.29, 1.82) is 0 Å². The van der Waals surface area contributed by atoms with Crippen LogP contribution in [-0.4, -0.2) is 45.4 Å². The van der Waals surface area contributed by atoms with Gasteiger partial charge >= 0.3 is 0 Å². The summed E-state index contributed by atoms with van der Waals surface area (Å²) >= 11 is 0. The second-order valence-electron chi connectivity index (χ2n) is 6.04. The monoisotopic (exact) mass is 359 g/mol. The topological polar surface area (TPSA) is 100 Å². The summed E-state index contributed by atoms with van der Waals surface area (Å²) in [5.41, 5.74) is 1.14. The highest BCUT2D eigenvalue weighted by molar-refractivity contribution is 7.89. The molecule has 25 heavy (non-hydrogen) atoms. The summed E-state index contributed by atoms with van der Waals surface area (Å²) in [6, 6.07) is 6.44. The van der Waals surface area contributed by atoms with Gasteiger partial charge in [0, 0.05) is 49.7 Å². The maximum atomic E-state index is 12.6. The van der Waals surface area contributed by atoms with Crippen LogP contribution in [0.25, 0.3) is 5.65 Å². The minimum Gasteiger partial charge on any atom is -0.297 e. The highest BCUT2D eigenvalue weighted by Crippen LogP contribution is 2.29. The molecule has 1 aliphatic rings. The zero-order valence-corrected chi connectivity index (χ0v) is 14.2. The fraction of sp³-hybridized carbons (Fsp3) is 0.312. The lowest BCUT2D eigenvalue weighted by molar-refractivity contribution is 0.316. The highest BCUT2D eigenvalue weighted by atomic mass is 32.2. The number of pyridine rings is 1. The zero-order valence-electron chi connectivity index (χ0n) is 13.4. The number of hydrogen-bond acceptors (Lipinski definition) is 5. The van der Waals surface area contributed by atoms with Gasteiger partial charge in [-0.3, -0.25) is 14.9 Å². The van der Waals surface area contributed by atoms with Gasteiger partial charge in [0.05, 0.1) is 5.69 Å². The van der Waals surface area contributed by atoms with Crippen molar-refractivity contribution in [3.63, 3.8) is 0 Å². The van der Waals surface area contributed by atoms with E-state index in [0.29, 0.717) is 31.6 Å². The van der Waals surface area contributed by atoms with E-state index < -0.39 is 10.0 Å². The normalized spacial score (nSPS) is 17.1. The second kappa shape index (κ2) is 6.08. The Hall–Kier alpha value is -2.52. The number of aromatic nitrogens is 4. The van der Waals surface area contributed by atoms with Gasteiger partial charge in [0.15, 0.2) is 5.65 Å². The number of rotatable bonds is 3. The van der Waals surface area contributed by atoms with Gasteiger partial charge in [0.25, 0.3) is 5.56 Å². The van der Waals surface area contributed by atoms with E-state index in [1.807, 2.05) is 0 Å². The van der Waals surface area contributed by atoms with Crippen LogP contribution in [0.1, 0.15) is 24.5 Å². The number of aromatic amines is 1. The molecule has 8 nitrogen and oxygen atoms in total. The van der Waals surface area contributed by atoms with E-state index >= 15 is 0 Å². The summed E-state index contributed by atoms with van der Waals surface area (Å²) in [5.74, 6) is 0.0768. The van der Waals surface area contributed by atoms with Crippen molar-refractivity contribution >= 4 is 15.7 Å². The van der Waals surface area contributed by atoms with E-state index in [-0.39, 0.29) is 16.4 Å². The molecule has 0 radical (unpaired) electrons. The van der Waals surface area contributed by atoms with Crippen molar-refractivity contribution in [2.45, 2.75) is 23.7 Å². The average molecular weight is 359 g/mol. The first-order valence-electron chi connectivity index (χ1n) is 8.03. The first kappa shape index (κ1) is 16.0. The number of nitrogens with zero attached hydrogens (tertiary/aromatic N) is 4. The van der Waals surface area contributed by atoms with Crippen LogP contribution in [0.3, 0.4) is 0 Å². The molecule has 0 amide bonds. The second-order valence-corrected chi connectivity index (χ2v) is 7.98. The summed E-state index contributed by atoms with van der Waals surface area (Å²) in [5, 5.41) is 2.81. The number of H-pyrrole nitrogens is 1. The molecule has 0 spiro atoms. The van der Waals surface area contributed by atoms with Gasteiger partial charge in [-0.05, 0) is 25.0 Å². The van der Waals surface area contributed by atoms with Crippen molar-refractivity contribution in [2.24, 2.45) is 0 Å². The van der Waals surface area contributed by atoms with Crippen molar-refractivity contribution in [1.82, 2.24) is 23.9 Å². The molecule has 0 aromatic carbocycles. The van der Waals surface area contributed by atoms with Crippen molar-refractivity contribution in [2.75, 3.05) is 13.1 Å². The van der Waals surface area contributed by atoms with Gasteiger partial charge in [-0.25, -0.2) is 17.9 Å². The molecule has 0 saturated carbocycles. The predicted octanol–water partition coefficient (Wildman–Crippen LogP) is 0.986. The molecule has 0 aliphatic carbocycles. The number of nitrogens with one attached hydrogen (secondary N) is 1. The lowest BCUT2D eigenvalue weighted by Crippen LogP contribution is -2.38. The Balaban J connectivity index is 1.54. The maximum Gasteiger partial charge on any atom is 0.272 e. The molecule has 0 bridgehead atoms. The molecule has 9 heteroatoms. The van der Waals surface area contributed by atoms with Crippen molar-refractivity contribution in [3.05, 3.63) is 58.9 Å². The Kier molecular flexibility index (Phi) is 3.89. The lowest BCUT2D eigenvalue weighted by atomic mass is 9.94. The first-order chi connectivity index (χ1) is 12.1. The van der Waals surface area contributed by atoms with Gasteiger partial charge in [0.2, 0.25) is 10.0 Å². The summed E-state index contributed by atoms with van der Waals surface area (Å²) in [6.07, 6.45) is 5.84. The van der Waals surface area contributed by atoms with Crippen LogP contribution in [0.5, 0.6) is 0 Å². The molecule has 0 atom stereocenters. The molecule has 1 N–H and O–H groups in total. The number of sulfonamides is 1. The molecular formula is C16H17N5O3S. The molecular weight excluding hydrogens is 342 g/mol. The average Bonchev–Trinajstić information content (AvgIpc) is 3.12. The molecule has 130 valence electrons. The maximum absolute atomic E-state index is 12.6. The van der Waals surface area contributed by atoms with Crippen LogP contribution < -0.4 is 5.56 Å². The van der Waals surface area contributed by atoms with Crippen LogP contribution in [0, 0.1) is 0 Å². The Labute approximate surface area is 144 Å². The largest absolute Gasteiger partial charge is 0.297 e. The fourth-order valence-corrected chi connectivity index (χ4v) is 4.63. The van der Waals surface area contributed by atoms with Crippen molar-refractivity contribution in [3.8, 4) is 0 Å². The Morgan fingerprint density at radius 1 is 1.20 bits per heavy atom. The minimum absolute atomic E-state index is 0.0768. The predicted molar refractivity (Wildman–Crippen MR) is 90.8 cm³/mol. The highest BCUT2D eigenvalue weighted by Gasteiger charge is 2.30. The zero-order chi connectivity index (χ0) is 17.4. The standard InChI is InChI=1S/C16H17N5O3S/c22-16-10-14(19-15-3-7-18-21(15)16)12-4-8-20(9-5-12)25(23,24)13-2-1-6-17-11-13/h1-3,6-7,10-12,18H,4-5,8-9H2. The first-order valence-corrected chi connectivity index (χ1v) is 9.47. The van der Waals surface area contributed by atoms with Gasteiger partial charge in [-0.2, -0.15) is 4.31 Å². The van der Waals surface area contributed by atoms with Crippen LogP contribution in [0.2, 0.25) is 0 Å². The van der Waals surface area contributed by atoms with Crippen LogP contribution in [0.4, 0.5) is 0 Å². The number of hydrogen-bond donors (Lipinski definition) is 1. The fourth-order valence-electron chi connectivity index (χ4n) is 3.20. The van der Waals surface area contributed by atoms with Gasteiger partial charge in [-0.1, -0.05) is 0 Å². The van der Waals surface area contributed by atoms with E-state index in [4.69, 9.17) is 0 Å². The Morgan fingerprint density at radius 2 is 2.00 bits per heavy atom. The van der Waals surface area contributed by atoms with Crippen molar-refractivity contribution < 1.29 is 8.42 Å². The lowest BCUT2D eigenvalue weighted by Gasteiger charge is -2.30. The summed E-state index contributed by atoms with van der Waals surface area (Å²) < 4.78 is 28.1. The van der Waals surface area contributed by atoms with Crippen LogP contribution >= 0.6 is 0 Å². The van der Waals surface area contributed by atoms with E-state index in [1.54, 1.807) is 30.6 Å². The summed E-state index contributed by atoms with van der Waals surface area (Å²) in [4.78, 5) is 20.7. The summed E-state index contributed by atoms with van der Waals surface area (Å²) in [6.45, 7) is 0.798. The Morgan fingerprint density at radius 3 is 2.72 bits per heavy atom. The van der Waals surface area contributed by atoms with Gasteiger partial charge in [0.1, 0.15) is 4.90 Å². The molecule has 3 aromatic rings. The van der Waals surface area contributed by atoms with Crippen LogP contribution in [0.15, 0.2) is 52.5 Å². The SMILES string of the molecule is O=c1cc(C2CCN(S(=O)(=O)c3cccnc3)CC2)nc2cc[nH]n12. The minimum atomic E-state index is -3.52.